The molecule has 0 radical (unpaired) electrons. The summed E-state index contributed by atoms with van der Waals surface area (Å²) in [5.41, 5.74) is -3.87. The number of carboxylic acid groups (broad SMARTS) is 1. The summed E-state index contributed by atoms with van der Waals surface area (Å²) in [5, 5.41) is 17.3. The van der Waals surface area contributed by atoms with Crippen LogP contribution in [0.3, 0.4) is 0 Å². The first kappa shape index (κ1) is 14.1. The zero-order chi connectivity index (χ0) is 12.3. The first-order chi connectivity index (χ1) is 6.69. The van der Waals surface area contributed by atoms with Gasteiger partial charge in [0, 0.05) is 20.6 Å². The first-order valence-corrected chi connectivity index (χ1v) is 3.77. The molecule has 0 unspecified atom stereocenters. The van der Waals surface area contributed by atoms with Gasteiger partial charge in [0.2, 0.25) is 0 Å². The summed E-state index contributed by atoms with van der Waals surface area (Å²) in [6.07, 6.45) is -7.99. The molecule has 0 saturated carbocycles. The van der Waals surface area contributed by atoms with Crippen molar-refractivity contribution in [1.29, 1.82) is 0 Å². The van der Waals surface area contributed by atoms with Crippen molar-refractivity contribution in [1.82, 2.24) is 0 Å². The molecule has 8 heteroatoms. The van der Waals surface area contributed by atoms with Crippen molar-refractivity contribution in [2.45, 2.75) is 24.5 Å². The van der Waals surface area contributed by atoms with Crippen LogP contribution in [-0.4, -0.2) is 48.5 Å². The molecule has 2 N–H and O–H groups in total. The molecule has 0 rings (SSSR count). The second-order valence-electron chi connectivity index (χ2n) is 2.77. The van der Waals surface area contributed by atoms with E-state index >= 15 is 0 Å². The molecule has 0 amide bonds. The number of alkyl halides is 3. The van der Waals surface area contributed by atoms with Crippen molar-refractivity contribution < 1.29 is 37.7 Å². The second kappa shape index (κ2) is 4.77. The largest absolute Gasteiger partial charge is 0.479 e. The van der Waals surface area contributed by atoms with Crippen molar-refractivity contribution in [3.05, 3.63) is 0 Å². The number of rotatable bonds is 5. The monoisotopic (exact) mass is 232 g/mol. The lowest BCUT2D eigenvalue weighted by atomic mass is 9.99. The summed E-state index contributed by atoms with van der Waals surface area (Å²) < 4.78 is 45.5. The van der Waals surface area contributed by atoms with E-state index in [4.69, 9.17) is 10.2 Å². The van der Waals surface area contributed by atoms with Crippen LogP contribution in [-0.2, 0) is 14.3 Å². The van der Waals surface area contributed by atoms with Gasteiger partial charge in [-0.2, -0.15) is 13.2 Å². The Morgan fingerprint density at radius 1 is 1.33 bits per heavy atom. The highest BCUT2D eigenvalue weighted by molar-refractivity contribution is 5.78. The quantitative estimate of drug-likeness (QED) is 0.670. The van der Waals surface area contributed by atoms with E-state index in [0.717, 1.165) is 14.2 Å². The van der Waals surface area contributed by atoms with E-state index in [1.165, 1.54) is 0 Å². The number of methoxy groups -OCH3 is 2. The molecular weight excluding hydrogens is 221 g/mol. The van der Waals surface area contributed by atoms with E-state index in [2.05, 4.69) is 9.47 Å². The van der Waals surface area contributed by atoms with Crippen molar-refractivity contribution in [3.63, 3.8) is 0 Å². The standard InChI is InChI=1S/C7H11F3O5/c1-14-4(15-2)3-6(13,5(11)12)7(8,9)10/h4,13H,3H2,1-2H3,(H,11,12)/t6-/m1/s1. The molecule has 5 nitrogen and oxygen atoms in total. The molecule has 0 spiro atoms. The smallest absolute Gasteiger partial charge is 0.428 e. The maximum atomic E-state index is 12.2. The highest BCUT2D eigenvalue weighted by Crippen LogP contribution is 2.34. The maximum absolute atomic E-state index is 12.2. The Morgan fingerprint density at radius 2 is 1.73 bits per heavy atom. The predicted octanol–water partition coefficient (Wildman–Crippen LogP) is 0.373. The van der Waals surface area contributed by atoms with Gasteiger partial charge in [-0.25, -0.2) is 4.79 Å². The molecule has 0 aliphatic rings. The number of ether oxygens (including phenoxy) is 2. The molecule has 0 aliphatic heterocycles. The Morgan fingerprint density at radius 3 is 1.93 bits per heavy atom. The molecule has 15 heavy (non-hydrogen) atoms. The number of carboxylic acids is 1. The molecule has 0 aromatic carbocycles. The van der Waals surface area contributed by atoms with E-state index in [-0.39, 0.29) is 0 Å². The van der Waals surface area contributed by atoms with Gasteiger partial charge in [-0.1, -0.05) is 0 Å². The van der Waals surface area contributed by atoms with Gasteiger partial charge in [0.05, 0.1) is 0 Å². The van der Waals surface area contributed by atoms with Crippen LogP contribution in [0.25, 0.3) is 0 Å². The molecule has 0 bridgehead atoms. The topological polar surface area (TPSA) is 76.0 Å². The minimum Gasteiger partial charge on any atom is -0.479 e. The van der Waals surface area contributed by atoms with Gasteiger partial charge in [-0.3, -0.25) is 0 Å². The molecule has 90 valence electrons. The molecule has 0 aliphatic carbocycles. The molecule has 0 saturated heterocycles. The molecule has 0 fully saturated rings. The van der Waals surface area contributed by atoms with Crippen molar-refractivity contribution in [3.8, 4) is 0 Å². The minimum absolute atomic E-state index is 1.03. The average Bonchev–Trinajstić information content (AvgIpc) is 2.11. The van der Waals surface area contributed by atoms with Gasteiger partial charge in [0.15, 0.2) is 6.29 Å². The fourth-order valence-electron chi connectivity index (χ4n) is 0.828. The normalized spacial score (nSPS) is 16.5. The van der Waals surface area contributed by atoms with Crippen LogP contribution in [0, 0.1) is 0 Å². The summed E-state index contributed by atoms with van der Waals surface area (Å²) in [6.45, 7) is 0. The Bertz CT molecular complexity index is 225. The van der Waals surface area contributed by atoms with E-state index in [0.29, 0.717) is 0 Å². The van der Waals surface area contributed by atoms with E-state index in [9.17, 15) is 18.0 Å². The van der Waals surface area contributed by atoms with Crippen LogP contribution >= 0.6 is 0 Å². The summed E-state index contributed by atoms with van der Waals surface area (Å²) >= 11 is 0. The van der Waals surface area contributed by atoms with Crippen molar-refractivity contribution in [2.75, 3.05) is 14.2 Å². The van der Waals surface area contributed by atoms with Crippen LogP contribution in [0.1, 0.15) is 6.42 Å². The third-order valence-electron chi connectivity index (χ3n) is 1.81. The summed E-state index contributed by atoms with van der Waals surface area (Å²) in [7, 11) is 2.07. The Kier molecular flexibility index (Phi) is 4.50. The number of hydrogen-bond donors (Lipinski definition) is 2. The lowest BCUT2D eigenvalue weighted by Crippen LogP contribution is -2.54. The molecule has 0 aromatic rings. The SMILES string of the molecule is COC(C[C@@](O)(C(=O)O)C(F)(F)F)OC. The highest BCUT2D eigenvalue weighted by atomic mass is 19.4. The van der Waals surface area contributed by atoms with Gasteiger partial charge in [-0.15, -0.1) is 0 Å². The van der Waals surface area contributed by atoms with Gasteiger partial charge < -0.3 is 19.7 Å². The number of hydrogen-bond acceptors (Lipinski definition) is 4. The predicted molar refractivity (Wildman–Crippen MR) is 41.1 cm³/mol. The van der Waals surface area contributed by atoms with E-state index in [1.807, 2.05) is 0 Å². The third kappa shape index (κ3) is 3.05. The van der Waals surface area contributed by atoms with Crippen LogP contribution in [0.4, 0.5) is 13.2 Å². The third-order valence-corrected chi connectivity index (χ3v) is 1.81. The Balaban J connectivity index is 4.90. The summed E-state index contributed by atoms with van der Waals surface area (Å²) in [4.78, 5) is 10.4. The molecular formula is C7H11F3O5. The average molecular weight is 232 g/mol. The minimum atomic E-state index is -5.30. The maximum Gasteiger partial charge on any atom is 0.428 e. The van der Waals surface area contributed by atoms with Gasteiger partial charge >= 0.3 is 12.1 Å². The highest BCUT2D eigenvalue weighted by Gasteiger charge is 2.61. The number of aliphatic hydroxyl groups is 1. The van der Waals surface area contributed by atoms with E-state index in [1.54, 1.807) is 0 Å². The van der Waals surface area contributed by atoms with Crippen LogP contribution in [0.2, 0.25) is 0 Å². The van der Waals surface area contributed by atoms with E-state index < -0.39 is 30.5 Å². The van der Waals surface area contributed by atoms with Crippen LogP contribution in [0.5, 0.6) is 0 Å². The molecule has 1 atom stereocenters. The Hall–Kier alpha value is -0.860. The summed E-state index contributed by atoms with van der Waals surface area (Å²) in [6, 6.07) is 0. The molecule has 0 aromatic heterocycles. The number of carbonyl (C=O) groups is 1. The lowest BCUT2D eigenvalue weighted by molar-refractivity contribution is -0.278. The zero-order valence-corrected chi connectivity index (χ0v) is 8.04. The van der Waals surface area contributed by atoms with Crippen molar-refractivity contribution in [2.24, 2.45) is 0 Å². The van der Waals surface area contributed by atoms with Crippen LogP contribution < -0.4 is 0 Å². The lowest BCUT2D eigenvalue weighted by Gasteiger charge is -2.28. The number of aliphatic carboxylic acids is 1. The fourth-order valence-corrected chi connectivity index (χ4v) is 0.828. The second-order valence-corrected chi connectivity index (χ2v) is 2.77. The van der Waals surface area contributed by atoms with Gasteiger partial charge in [0.1, 0.15) is 0 Å². The zero-order valence-electron chi connectivity index (χ0n) is 8.04. The first-order valence-electron chi connectivity index (χ1n) is 3.77. The number of halogens is 3. The Labute approximate surface area is 83.4 Å². The van der Waals surface area contributed by atoms with Crippen LogP contribution in [0.15, 0.2) is 0 Å². The van der Waals surface area contributed by atoms with Crippen molar-refractivity contribution >= 4 is 5.97 Å². The van der Waals surface area contributed by atoms with Gasteiger partial charge in [-0.05, 0) is 0 Å². The van der Waals surface area contributed by atoms with Gasteiger partial charge in [0.25, 0.3) is 5.60 Å². The summed E-state index contributed by atoms with van der Waals surface area (Å²) in [5.74, 6) is -2.39. The fraction of sp³-hybridized carbons (Fsp3) is 0.857. The molecule has 0 heterocycles.